The summed E-state index contributed by atoms with van der Waals surface area (Å²) in [5, 5.41) is 32.2. The van der Waals surface area contributed by atoms with E-state index in [1.807, 2.05) is 19.9 Å². The van der Waals surface area contributed by atoms with E-state index in [0.29, 0.717) is 46.3 Å². The number of aromatic nitrogens is 1. The normalized spacial score (nSPS) is 21.7. The molecule has 0 spiro atoms. The molecular formula is C50H65Cl2N9O7. The summed E-state index contributed by atoms with van der Waals surface area (Å²) in [7, 11) is 0. The molecule has 4 atom stereocenters. The topological polar surface area (TPSA) is 209 Å². The van der Waals surface area contributed by atoms with Gasteiger partial charge in [-0.1, -0.05) is 76.9 Å². The average Bonchev–Trinajstić information content (AvgIpc) is 3.70. The van der Waals surface area contributed by atoms with Crippen LogP contribution in [0.3, 0.4) is 0 Å². The smallest absolute Gasteiger partial charge is 0.253 e. The molecule has 0 radical (unpaired) electrons. The third-order valence-electron chi connectivity index (χ3n) is 13.3. The van der Waals surface area contributed by atoms with Crippen molar-refractivity contribution in [2.45, 2.75) is 117 Å². The third-order valence-corrected chi connectivity index (χ3v) is 13.9. The summed E-state index contributed by atoms with van der Waals surface area (Å²) in [5.74, 6) is -0.460. The van der Waals surface area contributed by atoms with Gasteiger partial charge in [-0.3, -0.25) is 28.9 Å². The number of likely N-dealkylation sites (tertiary alicyclic amines) is 1. The van der Waals surface area contributed by atoms with Crippen molar-refractivity contribution >= 4 is 58.6 Å². The summed E-state index contributed by atoms with van der Waals surface area (Å²) in [6, 6.07) is 14.8. The van der Waals surface area contributed by atoms with Crippen LogP contribution in [-0.4, -0.2) is 125 Å². The van der Waals surface area contributed by atoms with Crippen LogP contribution in [0.15, 0.2) is 60.8 Å². The molecule has 2 saturated heterocycles. The van der Waals surface area contributed by atoms with Crippen molar-refractivity contribution in [3.8, 4) is 11.8 Å². The molecule has 366 valence electrons. The second-order valence-corrected chi connectivity index (χ2v) is 20.7. The predicted octanol–water partition coefficient (Wildman–Crippen LogP) is 5.09. The number of ether oxygens (including phenoxy) is 1. The lowest BCUT2D eigenvalue weighted by molar-refractivity contribution is -0.164. The molecule has 1 aliphatic carbocycles. The van der Waals surface area contributed by atoms with E-state index in [4.69, 9.17) is 27.9 Å². The minimum Gasteiger partial charge on any atom is -0.489 e. The van der Waals surface area contributed by atoms with Crippen LogP contribution in [0.5, 0.6) is 5.75 Å². The molecule has 5 amide bonds. The summed E-state index contributed by atoms with van der Waals surface area (Å²) >= 11 is 12.2. The van der Waals surface area contributed by atoms with Gasteiger partial charge in [0.25, 0.3) is 5.91 Å². The molecular weight excluding hydrogens is 910 g/mol. The van der Waals surface area contributed by atoms with E-state index in [0.717, 1.165) is 37.6 Å². The second kappa shape index (κ2) is 22.3. The number of benzene rings is 2. The molecule has 1 aromatic heterocycles. The highest BCUT2D eigenvalue weighted by Crippen LogP contribution is 2.55. The van der Waals surface area contributed by atoms with Crippen LogP contribution in [0, 0.1) is 28.1 Å². The van der Waals surface area contributed by atoms with Gasteiger partial charge >= 0.3 is 0 Å². The first-order chi connectivity index (χ1) is 32.2. The van der Waals surface area contributed by atoms with Crippen molar-refractivity contribution in [1.29, 1.82) is 5.26 Å². The number of β-amino-alcohol motifs (C(OH)–C–C–N with tert-alkyl or cyclic N) is 1. The van der Waals surface area contributed by atoms with Gasteiger partial charge in [-0.05, 0) is 74.2 Å². The number of pyridine rings is 1. The van der Waals surface area contributed by atoms with Gasteiger partial charge in [0.2, 0.25) is 23.6 Å². The Labute approximate surface area is 409 Å². The number of carbonyl (C=O) groups excluding carboxylic acids is 5. The third kappa shape index (κ3) is 12.6. The molecule has 5 N–H and O–H groups in total. The van der Waals surface area contributed by atoms with E-state index >= 15 is 0 Å². The zero-order valence-corrected chi connectivity index (χ0v) is 41.5. The average molecular weight is 975 g/mol. The molecule has 2 unspecified atom stereocenters. The standard InChI is InChI=1S/C50H65Cl2N9O7/c1-30(2)23-39(44(65)56-31(3)46(67)61-29-36(62)24-40(61)45(66)55-27-32-10-14-35(51)15-11-32)57-42(63)9-8-18-59-19-21-60(22-20-59)41-17-13-34(28-54-41)43(64)58-47-49(4,5)48(50(47,6)7)68-37-16-12-33(26-53)38(52)25-37/h10-17,25,28,30-31,36,39-40,47-48,62H,8-9,18-24,27,29H2,1-7H3,(H,55,66)(H,56,65)(H,57,63)(H,58,64)/t31?,36-,39?,40+,47?,48?/m1/s1. The highest BCUT2D eigenvalue weighted by atomic mass is 35.5. The first-order valence-electron chi connectivity index (χ1n) is 23.4. The van der Waals surface area contributed by atoms with Crippen LogP contribution in [0.25, 0.3) is 0 Å². The molecule has 3 fully saturated rings. The Balaban J connectivity index is 0.915. The number of piperazine rings is 1. The number of halogens is 2. The maximum absolute atomic E-state index is 13.6. The number of nitrogens with zero attached hydrogens (tertiary/aromatic N) is 5. The van der Waals surface area contributed by atoms with Gasteiger partial charge in [-0.25, -0.2) is 4.98 Å². The number of aliphatic hydroxyl groups excluding tert-OH is 1. The van der Waals surface area contributed by atoms with Crippen molar-refractivity contribution in [3.63, 3.8) is 0 Å². The molecule has 16 nitrogen and oxygen atoms in total. The summed E-state index contributed by atoms with van der Waals surface area (Å²) in [6.45, 7) is 17.5. The Morgan fingerprint density at radius 3 is 2.25 bits per heavy atom. The highest BCUT2D eigenvalue weighted by molar-refractivity contribution is 6.31. The fourth-order valence-electron chi connectivity index (χ4n) is 9.99. The number of rotatable bonds is 18. The largest absolute Gasteiger partial charge is 0.489 e. The number of hydrogen-bond acceptors (Lipinski definition) is 11. The van der Waals surface area contributed by atoms with E-state index in [-0.39, 0.29) is 55.8 Å². The molecule has 1 saturated carbocycles. The monoisotopic (exact) mass is 973 g/mol. The Morgan fingerprint density at radius 2 is 1.63 bits per heavy atom. The lowest BCUT2D eigenvalue weighted by Crippen LogP contribution is -2.74. The summed E-state index contributed by atoms with van der Waals surface area (Å²) in [6.07, 6.45) is 1.74. The first-order valence-corrected chi connectivity index (χ1v) is 24.1. The highest BCUT2D eigenvalue weighted by Gasteiger charge is 2.64. The van der Waals surface area contributed by atoms with Crippen LogP contribution in [-0.2, 0) is 25.7 Å². The van der Waals surface area contributed by atoms with Gasteiger partial charge in [-0.15, -0.1) is 0 Å². The molecule has 0 bridgehead atoms. The maximum Gasteiger partial charge on any atom is 0.253 e. The van der Waals surface area contributed by atoms with Crippen LogP contribution in [0.2, 0.25) is 10.0 Å². The summed E-state index contributed by atoms with van der Waals surface area (Å²) < 4.78 is 6.36. The Morgan fingerprint density at radius 1 is 0.941 bits per heavy atom. The van der Waals surface area contributed by atoms with Crippen LogP contribution in [0.4, 0.5) is 5.82 Å². The van der Waals surface area contributed by atoms with E-state index in [2.05, 4.69) is 69.8 Å². The number of anilines is 1. The SMILES string of the molecule is CC(C)CC(NC(=O)CCCN1CCN(c2ccc(C(=O)NC3C(C)(C)C(Oc4ccc(C#N)c(Cl)c4)C3(C)C)cn2)CC1)C(=O)NC(C)C(=O)N1C[C@H](O)C[C@H]1C(=O)NCc1ccc(Cl)cc1. The van der Waals surface area contributed by atoms with Crippen molar-refractivity contribution in [2.75, 3.05) is 44.2 Å². The number of carbonyl (C=O) groups is 5. The zero-order chi connectivity index (χ0) is 49.5. The van der Waals surface area contributed by atoms with Crippen LogP contribution in [0.1, 0.15) is 95.6 Å². The quantitative estimate of drug-likeness (QED) is 0.114. The van der Waals surface area contributed by atoms with E-state index in [1.165, 1.54) is 11.8 Å². The van der Waals surface area contributed by atoms with Gasteiger partial charge in [0.15, 0.2) is 0 Å². The fourth-order valence-corrected chi connectivity index (χ4v) is 10.3. The zero-order valence-electron chi connectivity index (χ0n) is 40.0. The molecule has 18 heteroatoms. The molecule has 2 aliphatic heterocycles. The minimum absolute atomic E-state index is 0.0400. The summed E-state index contributed by atoms with van der Waals surface area (Å²) in [4.78, 5) is 77.3. The Hall–Kier alpha value is -5.47. The van der Waals surface area contributed by atoms with Crippen LogP contribution >= 0.6 is 23.2 Å². The van der Waals surface area contributed by atoms with E-state index < -0.39 is 52.8 Å². The Kier molecular flexibility index (Phi) is 17.0. The lowest BCUT2D eigenvalue weighted by atomic mass is 9.49. The van der Waals surface area contributed by atoms with E-state index in [1.54, 1.807) is 54.7 Å². The maximum atomic E-state index is 13.6. The number of aliphatic hydroxyl groups is 1. The number of nitriles is 1. The minimum atomic E-state index is -1.01. The van der Waals surface area contributed by atoms with Gasteiger partial charge in [0.05, 0.1) is 22.3 Å². The molecule has 3 aliphatic rings. The van der Waals surface area contributed by atoms with Crippen molar-refractivity contribution < 1.29 is 33.8 Å². The fraction of sp³-hybridized carbons (Fsp3) is 0.540. The van der Waals surface area contributed by atoms with E-state index in [9.17, 15) is 34.3 Å². The molecule has 6 rings (SSSR count). The number of hydrogen-bond donors (Lipinski definition) is 5. The molecule has 2 aromatic carbocycles. The Bertz CT molecular complexity index is 2320. The van der Waals surface area contributed by atoms with Crippen molar-refractivity contribution in [1.82, 2.24) is 36.1 Å². The first kappa shape index (κ1) is 51.9. The molecule has 3 aromatic rings. The van der Waals surface area contributed by atoms with Crippen molar-refractivity contribution in [3.05, 3.63) is 87.5 Å². The number of nitrogens with one attached hydrogen (secondary N) is 4. The lowest BCUT2D eigenvalue weighted by Gasteiger charge is -2.63. The van der Waals surface area contributed by atoms with Gasteiger partial charge in [0, 0.05) is 86.3 Å². The van der Waals surface area contributed by atoms with Gasteiger partial charge in [0.1, 0.15) is 41.9 Å². The molecule has 3 heterocycles. The van der Waals surface area contributed by atoms with Crippen LogP contribution < -0.4 is 30.9 Å². The predicted molar refractivity (Wildman–Crippen MR) is 260 cm³/mol. The number of amides is 5. The molecule has 68 heavy (non-hydrogen) atoms. The van der Waals surface area contributed by atoms with Gasteiger partial charge in [-0.2, -0.15) is 5.26 Å². The van der Waals surface area contributed by atoms with Gasteiger partial charge < -0.3 is 40.9 Å². The second-order valence-electron chi connectivity index (χ2n) is 19.9. The van der Waals surface area contributed by atoms with Crippen molar-refractivity contribution in [2.24, 2.45) is 16.7 Å². The summed E-state index contributed by atoms with van der Waals surface area (Å²) in [5.41, 5.74) is 0.860.